The summed E-state index contributed by atoms with van der Waals surface area (Å²) in [5.74, 6) is 1.27. The molecule has 3 fully saturated rings. The summed E-state index contributed by atoms with van der Waals surface area (Å²) in [5.41, 5.74) is 14.7. The number of hydrogen-bond donors (Lipinski definition) is 0. The Hall–Kier alpha value is -9.28. The van der Waals surface area contributed by atoms with Gasteiger partial charge >= 0.3 is 0 Å². The first-order chi connectivity index (χ1) is 37.6. The quantitative estimate of drug-likeness (QED) is 0.139. The molecule has 0 unspecified atom stereocenters. The van der Waals surface area contributed by atoms with E-state index in [2.05, 4.69) is 167 Å². The van der Waals surface area contributed by atoms with E-state index >= 15 is 0 Å². The number of hydrogen-bond acceptors (Lipinski definition) is 9. The highest BCUT2D eigenvalue weighted by Crippen LogP contribution is 2.45. The number of fused-ring (bicyclic) bond motifs is 3. The molecule has 0 aliphatic heterocycles. The lowest BCUT2D eigenvalue weighted by Crippen LogP contribution is -1.99. The van der Waals surface area contributed by atoms with Crippen molar-refractivity contribution in [3.05, 3.63) is 236 Å². The topological polar surface area (TPSA) is 116 Å². The summed E-state index contributed by atoms with van der Waals surface area (Å²) in [6.07, 6.45) is 17.3. The standard InChI is InChI=1S/C22H16FN3.2C22H17N3/c23-20-13-24-10-9-18(20)19-12-21(15-6-7-15)25-26-22(19)17-8-5-14-3-1-2-4-16(14)11-17;1-2-6-18-15(4-1)5-3-7-19(18)22-20(16-10-12-23-13-11-16)14-21(24-25-22)17-8-9-17;1-2-4-18-13-19(8-5-15(18)3-1)22-20(16-9-11-23-12-10-16)14-21(24-25-22)17-6-7-17/h1-5,8-13,15H,6-7H2;1-7,10-14,17H,8-9H2;1-5,8-14,17H,6-7H2. The largest absolute Gasteiger partial charge is 0.265 e. The van der Waals surface area contributed by atoms with E-state index in [1.807, 2.05) is 73.3 Å². The Morgan fingerprint density at radius 3 is 1.26 bits per heavy atom. The van der Waals surface area contributed by atoms with E-state index in [1.54, 1.807) is 12.3 Å². The van der Waals surface area contributed by atoms with Crippen LogP contribution in [0.15, 0.2) is 213 Å². The molecular formula is C66H50FN9. The van der Waals surface area contributed by atoms with Gasteiger partial charge in [0, 0.05) is 87.7 Å². The van der Waals surface area contributed by atoms with E-state index in [0.29, 0.717) is 29.0 Å². The van der Waals surface area contributed by atoms with Crippen LogP contribution in [-0.2, 0) is 0 Å². The molecular weight excluding hydrogens is 938 g/mol. The molecule has 0 radical (unpaired) electrons. The Morgan fingerprint density at radius 1 is 0.303 bits per heavy atom. The van der Waals surface area contributed by atoms with Crippen molar-refractivity contribution in [3.63, 3.8) is 0 Å². The highest BCUT2D eigenvalue weighted by atomic mass is 19.1. The molecule has 0 atom stereocenters. The van der Waals surface area contributed by atoms with E-state index in [0.717, 1.165) is 96.6 Å². The van der Waals surface area contributed by atoms with E-state index in [1.165, 1.54) is 53.4 Å². The third kappa shape index (κ3) is 9.92. The van der Waals surface area contributed by atoms with E-state index in [4.69, 9.17) is 0 Å². The second-order valence-electron chi connectivity index (χ2n) is 19.9. The predicted octanol–water partition coefficient (Wildman–Crippen LogP) is 15.8. The van der Waals surface area contributed by atoms with Crippen molar-refractivity contribution in [2.24, 2.45) is 0 Å². The van der Waals surface area contributed by atoms with Gasteiger partial charge in [0.05, 0.1) is 23.3 Å². The smallest absolute Gasteiger partial charge is 0.149 e. The molecule has 12 aromatic rings. The Kier molecular flexibility index (Phi) is 12.6. The third-order valence-electron chi connectivity index (χ3n) is 14.6. The van der Waals surface area contributed by atoms with Crippen LogP contribution >= 0.6 is 0 Å². The summed E-state index contributed by atoms with van der Waals surface area (Å²) in [5, 5.41) is 34.4. The molecule has 6 aromatic carbocycles. The first kappa shape index (κ1) is 46.5. The first-order valence-corrected chi connectivity index (χ1v) is 26.1. The molecule has 3 saturated carbocycles. The zero-order valence-corrected chi connectivity index (χ0v) is 41.6. The molecule has 0 bridgehead atoms. The van der Waals surface area contributed by atoms with Crippen LogP contribution in [0, 0.1) is 5.82 Å². The van der Waals surface area contributed by atoms with Crippen LogP contribution in [0.2, 0.25) is 0 Å². The average Bonchev–Trinajstić information content (AvgIpc) is 4.33. The van der Waals surface area contributed by atoms with Gasteiger partial charge in [-0.1, -0.05) is 115 Å². The first-order valence-electron chi connectivity index (χ1n) is 26.1. The minimum absolute atomic E-state index is 0.343. The van der Waals surface area contributed by atoms with Gasteiger partial charge in [-0.05, 0) is 143 Å². The van der Waals surface area contributed by atoms with Crippen LogP contribution in [0.5, 0.6) is 0 Å². The lowest BCUT2D eigenvalue weighted by molar-refractivity contribution is 0.625. The lowest BCUT2D eigenvalue weighted by atomic mass is 9.95. The maximum atomic E-state index is 14.5. The van der Waals surface area contributed by atoms with Gasteiger partial charge in [0.1, 0.15) is 22.9 Å². The number of benzene rings is 6. The molecule has 3 aliphatic rings. The third-order valence-corrected chi connectivity index (χ3v) is 14.6. The van der Waals surface area contributed by atoms with E-state index < -0.39 is 0 Å². The molecule has 0 saturated heterocycles. The summed E-state index contributed by atoms with van der Waals surface area (Å²) < 4.78 is 14.5. The summed E-state index contributed by atoms with van der Waals surface area (Å²) in [6.45, 7) is 0. The highest BCUT2D eigenvalue weighted by molar-refractivity contribution is 5.99. The van der Waals surface area contributed by atoms with Crippen molar-refractivity contribution in [1.82, 2.24) is 45.5 Å². The van der Waals surface area contributed by atoms with Gasteiger partial charge in [-0.15, -0.1) is 15.3 Å². The molecule has 0 N–H and O–H groups in total. The van der Waals surface area contributed by atoms with Crippen LogP contribution in [0.1, 0.15) is 73.4 Å². The summed E-state index contributed by atoms with van der Waals surface area (Å²) in [6, 6.07) is 60.3. The van der Waals surface area contributed by atoms with Gasteiger partial charge < -0.3 is 0 Å². The molecule has 15 rings (SSSR count). The molecule has 0 amide bonds. The fourth-order valence-corrected chi connectivity index (χ4v) is 9.99. The predicted molar refractivity (Wildman–Crippen MR) is 300 cm³/mol. The number of pyridine rings is 3. The van der Waals surface area contributed by atoms with Gasteiger partial charge in [-0.3, -0.25) is 15.0 Å². The number of rotatable bonds is 9. The minimum atomic E-state index is -0.343. The summed E-state index contributed by atoms with van der Waals surface area (Å²) in [4.78, 5) is 12.2. The molecule has 3 aliphatic carbocycles. The molecule has 10 heteroatoms. The van der Waals surface area contributed by atoms with Crippen LogP contribution in [0.4, 0.5) is 4.39 Å². The van der Waals surface area contributed by atoms with Crippen molar-refractivity contribution in [1.29, 1.82) is 0 Å². The Labute approximate surface area is 439 Å². The molecule has 366 valence electrons. The van der Waals surface area contributed by atoms with Crippen molar-refractivity contribution in [2.75, 3.05) is 0 Å². The Bertz CT molecular complexity index is 4050. The molecule has 0 spiro atoms. The number of aromatic nitrogens is 9. The molecule has 6 heterocycles. The van der Waals surface area contributed by atoms with Crippen molar-refractivity contribution < 1.29 is 4.39 Å². The second kappa shape index (κ2) is 20.6. The maximum absolute atomic E-state index is 14.5. The zero-order valence-electron chi connectivity index (χ0n) is 41.6. The summed E-state index contributed by atoms with van der Waals surface area (Å²) >= 11 is 0. The number of halogens is 1. The van der Waals surface area contributed by atoms with Crippen LogP contribution < -0.4 is 0 Å². The van der Waals surface area contributed by atoms with E-state index in [-0.39, 0.29) is 5.82 Å². The molecule has 9 nitrogen and oxygen atoms in total. The van der Waals surface area contributed by atoms with Gasteiger partial charge in [-0.25, -0.2) is 4.39 Å². The van der Waals surface area contributed by atoms with Crippen molar-refractivity contribution in [2.45, 2.75) is 56.3 Å². The highest BCUT2D eigenvalue weighted by Gasteiger charge is 2.29. The van der Waals surface area contributed by atoms with Crippen LogP contribution in [0.25, 0.3) is 99.5 Å². The SMILES string of the molecule is Fc1cnccc1-c1cc(C2CC2)nnc1-c1ccc2ccccc2c1.c1ccc2c(-c3nnc(C4CC4)cc3-c3ccncc3)cccc2c1.c1ccc2cc(-c3nnc(C4CC4)cc3-c3ccncc3)ccc2c1. The second-order valence-corrected chi connectivity index (χ2v) is 19.9. The molecule has 76 heavy (non-hydrogen) atoms. The summed E-state index contributed by atoms with van der Waals surface area (Å²) in [7, 11) is 0. The minimum Gasteiger partial charge on any atom is -0.265 e. The Morgan fingerprint density at radius 2 is 0.737 bits per heavy atom. The Balaban J connectivity index is 0.000000109. The van der Waals surface area contributed by atoms with E-state index in [9.17, 15) is 4.39 Å². The van der Waals surface area contributed by atoms with Crippen molar-refractivity contribution in [3.8, 4) is 67.2 Å². The van der Waals surface area contributed by atoms with Crippen LogP contribution in [0.3, 0.4) is 0 Å². The fraction of sp³-hybridized carbons (Fsp3) is 0.136. The normalized spacial score (nSPS) is 13.9. The average molecular weight is 988 g/mol. The maximum Gasteiger partial charge on any atom is 0.149 e. The van der Waals surface area contributed by atoms with Crippen LogP contribution in [-0.4, -0.2) is 45.5 Å². The van der Waals surface area contributed by atoms with Gasteiger partial charge in [0.15, 0.2) is 0 Å². The monoisotopic (exact) mass is 987 g/mol. The molecule has 6 aromatic heterocycles. The number of nitrogens with zero attached hydrogens (tertiary/aromatic N) is 9. The fourth-order valence-electron chi connectivity index (χ4n) is 9.99. The van der Waals surface area contributed by atoms with Crippen molar-refractivity contribution >= 4 is 32.3 Å². The van der Waals surface area contributed by atoms with Gasteiger partial charge in [0.2, 0.25) is 0 Å². The lowest BCUT2D eigenvalue weighted by Gasteiger charge is -2.12. The zero-order chi connectivity index (χ0) is 50.8. The van der Waals surface area contributed by atoms with Gasteiger partial charge in [0.25, 0.3) is 0 Å². The van der Waals surface area contributed by atoms with Gasteiger partial charge in [-0.2, -0.15) is 15.3 Å².